The third-order valence-corrected chi connectivity index (χ3v) is 5.90. The van der Waals surface area contributed by atoms with Crippen molar-refractivity contribution in [2.75, 3.05) is 13.2 Å². The molecule has 1 unspecified atom stereocenters. The largest absolute Gasteiger partial charge is 0.486 e. The Kier molecular flexibility index (Phi) is 5.39. The maximum atomic E-state index is 12.7. The lowest BCUT2D eigenvalue weighted by molar-refractivity contribution is -0.130. The molecule has 3 heterocycles. The summed E-state index contributed by atoms with van der Waals surface area (Å²) in [5.74, 6) is 1.57. The molecule has 0 spiro atoms. The average molecular weight is 463 g/mol. The number of nitrogens with two attached hydrogens (primary N) is 1. The van der Waals surface area contributed by atoms with Crippen LogP contribution in [0.1, 0.15) is 19.4 Å². The van der Waals surface area contributed by atoms with Gasteiger partial charge in [-0.05, 0) is 56.2 Å². The summed E-state index contributed by atoms with van der Waals surface area (Å²) in [5, 5.41) is 0. The van der Waals surface area contributed by atoms with Crippen molar-refractivity contribution in [3.8, 4) is 34.4 Å². The van der Waals surface area contributed by atoms with Crippen LogP contribution in [-0.4, -0.2) is 40.4 Å². The fraction of sp³-hybridized carbons (Fsp3) is 0.320. The molecule has 2 aliphatic rings. The molecular formula is C25H25N3O6. The minimum absolute atomic E-state index is 0.187. The number of nitrogens with zero attached hydrogens (tertiary/aromatic N) is 2. The van der Waals surface area contributed by atoms with E-state index < -0.39 is 11.5 Å². The molecule has 0 aliphatic carbocycles. The van der Waals surface area contributed by atoms with Crippen LogP contribution in [0.15, 0.2) is 53.3 Å². The van der Waals surface area contributed by atoms with Crippen molar-refractivity contribution in [2.24, 2.45) is 5.73 Å². The summed E-state index contributed by atoms with van der Waals surface area (Å²) in [7, 11) is 0. The Labute approximate surface area is 196 Å². The van der Waals surface area contributed by atoms with Crippen molar-refractivity contribution >= 4 is 5.91 Å². The summed E-state index contributed by atoms with van der Waals surface area (Å²) in [6, 6.07) is 14.7. The number of amides is 1. The highest BCUT2D eigenvalue weighted by atomic mass is 16.6. The number of carbonyl (C=O) groups is 1. The van der Waals surface area contributed by atoms with Gasteiger partial charge in [0.1, 0.15) is 19.0 Å². The number of carbonyl (C=O) groups excluding carboxylic acids is 1. The molecule has 0 bridgehead atoms. The zero-order valence-electron chi connectivity index (χ0n) is 18.9. The summed E-state index contributed by atoms with van der Waals surface area (Å²) in [4.78, 5) is 28.4. The van der Waals surface area contributed by atoms with Gasteiger partial charge < -0.3 is 24.7 Å². The zero-order valence-corrected chi connectivity index (χ0v) is 18.9. The second-order valence-corrected chi connectivity index (χ2v) is 8.77. The van der Waals surface area contributed by atoms with Crippen molar-refractivity contribution in [3.05, 3.63) is 64.6 Å². The lowest BCUT2D eigenvalue weighted by Crippen LogP contribution is -2.43. The van der Waals surface area contributed by atoms with E-state index in [9.17, 15) is 9.59 Å². The van der Waals surface area contributed by atoms with E-state index in [0.29, 0.717) is 42.5 Å². The van der Waals surface area contributed by atoms with E-state index in [1.165, 1.54) is 0 Å². The van der Waals surface area contributed by atoms with Crippen LogP contribution in [0.3, 0.4) is 0 Å². The van der Waals surface area contributed by atoms with Crippen LogP contribution in [0.4, 0.5) is 0 Å². The predicted molar refractivity (Wildman–Crippen MR) is 123 cm³/mol. The number of benzene rings is 2. The highest BCUT2D eigenvalue weighted by Gasteiger charge is 2.28. The Morgan fingerprint density at radius 3 is 2.79 bits per heavy atom. The summed E-state index contributed by atoms with van der Waals surface area (Å²) >= 11 is 0. The molecule has 0 saturated heterocycles. The van der Waals surface area contributed by atoms with Gasteiger partial charge in [0, 0.05) is 18.2 Å². The van der Waals surface area contributed by atoms with E-state index in [2.05, 4.69) is 4.98 Å². The van der Waals surface area contributed by atoms with Crippen LogP contribution >= 0.6 is 0 Å². The normalized spacial score (nSPS) is 16.2. The van der Waals surface area contributed by atoms with Crippen LogP contribution in [0, 0.1) is 0 Å². The van der Waals surface area contributed by atoms with E-state index >= 15 is 0 Å². The van der Waals surface area contributed by atoms with Crippen molar-refractivity contribution in [2.45, 2.75) is 38.5 Å². The monoisotopic (exact) mass is 463 g/mol. The van der Waals surface area contributed by atoms with Gasteiger partial charge in [-0.1, -0.05) is 12.1 Å². The van der Waals surface area contributed by atoms with Crippen LogP contribution in [0.5, 0.6) is 23.1 Å². The summed E-state index contributed by atoms with van der Waals surface area (Å²) < 4.78 is 24.9. The van der Waals surface area contributed by atoms with Gasteiger partial charge in [0.25, 0.3) is 5.91 Å². The lowest BCUT2D eigenvalue weighted by atomic mass is 9.97. The van der Waals surface area contributed by atoms with E-state index in [1.807, 2.05) is 36.4 Å². The fourth-order valence-electron chi connectivity index (χ4n) is 3.99. The SMILES string of the molecule is CC(C)(Oc1ccc2c(c1)CCn1c-2cc(OCC2COc3ccccc3O2)nc1=O)C(N)=O. The number of rotatable bonds is 6. The molecule has 2 N–H and O–H groups in total. The predicted octanol–water partition coefficient (Wildman–Crippen LogP) is 2.33. The minimum atomic E-state index is -1.13. The number of hydrogen-bond acceptors (Lipinski definition) is 7. The van der Waals surface area contributed by atoms with E-state index in [1.54, 1.807) is 30.5 Å². The maximum absolute atomic E-state index is 12.7. The molecule has 1 atom stereocenters. The van der Waals surface area contributed by atoms with E-state index in [0.717, 1.165) is 11.1 Å². The van der Waals surface area contributed by atoms with Crippen molar-refractivity contribution in [1.82, 2.24) is 9.55 Å². The molecule has 1 amide bonds. The molecule has 9 heteroatoms. The first-order valence-electron chi connectivity index (χ1n) is 11.1. The van der Waals surface area contributed by atoms with Gasteiger partial charge in [0.2, 0.25) is 5.88 Å². The number of aromatic nitrogens is 2. The third kappa shape index (κ3) is 4.16. The first-order valence-corrected chi connectivity index (χ1v) is 11.1. The number of primary amides is 1. The molecule has 3 aromatic rings. The van der Waals surface area contributed by atoms with Gasteiger partial charge in [0.15, 0.2) is 23.2 Å². The molecule has 2 aromatic carbocycles. The molecule has 0 radical (unpaired) electrons. The van der Waals surface area contributed by atoms with Gasteiger partial charge in [0.05, 0.1) is 5.69 Å². The zero-order chi connectivity index (χ0) is 23.9. The van der Waals surface area contributed by atoms with Crippen LogP contribution in [0.25, 0.3) is 11.3 Å². The van der Waals surface area contributed by atoms with Gasteiger partial charge >= 0.3 is 5.69 Å². The van der Waals surface area contributed by atoms with Crippen LogP contribution in [0.2, 0.25) is 0 Å². The minimum Gasteiger partial charge on any atom is -0.486 e. The van der Waals surface area contributed by atoms with Crippen molar-refractivity contribution < 1.29 is 23.7 Å². The fourth-order valence-corrected chi connectivity index (χ4v) is 3.99. The number of para-hydroxylation sites is 2. The molecule has 1 aromatic heterocycles. The average Bonchev–Trinajstić information content (AvgIpc) is 2.82. The Morgan fingerprint density at radius 1 is 1.21 bits per heavy atom. The molecule has 9 nitrogen and oxygen atoms in total. The van der Waals surface area contributed by atoms with Gasteiger partial charge in [-0.25, -0.2) is 4.79 Å². The second-order valence-electron chi connectivity index (χ2n) is 8.77. The van der Waals surface area contributed by atoms with Gasteiger partial charge in [-0.3, -0.25) is 9.36 Å². The molecule has 34 heavy (non-hydrogen) atoms. The second kappa shape index (κ2) is 8.40. The van der Waals surface area contributed by atoms with Crippen LogP contribution in [-0.2, 0) is 17.8 Å². The lowest BCUT2D eigenvalue weighted by Gasteiger charge is -2.27. The van der Waals surface area contributed by atoms with E-state index in [4.69, 9.17) is 24.7 Å². The Hall–Kier alpha value is -4.01. The quantitative estimate of drug-likeness (QED) is 0.597. The smallest absolute Gasteiger partial charge is 0.351 e. The molecule has 2 aliphatic heterocycles. The third-order valence-electron chi connectivity index (χ3n) is 5.90. The van der Waals surface area contributed by atoms with E-state index in [-0.39, 0.29) is 24.3 Å². The first kappa shape index (κ1) is 21.8. The topological polar surface area (TPSA) is 115 Å². The molecule has 5 rings (SSSR count). The highest BCUT2D eigenvalue weighted by molar-refractivity contribution is 5.83. The summed E-state index contributed by atoms with van der Waals surface area (Å²) in [6.45, 7) is 4.25. The molecule has 176 valence electrons. The van der Waals surface area contributed by atoms with Gasteiger partial charge in [-0.15, -0.1) is 0 Å². The highest BCUT2D eigenvalue weighted by Crippen LogP contribution is 2.34. The van der Waals surface area contributed by atoms with Crippen molar-refractivity contribution in [1.29, 1.82) is 0 Å². The summed E-state index contributed by atoms with van der Waals surface area (Å²) in [6.07, 6.45) is 0.307. The number of aryl methyl sites for hydroxylation is 1. The number of fused-ring (bicyclic) bond motifs is 4. The summed E-state index contributed by atoms with van der Waals surface area (Å²) in [5.41, 5.74) is 6.50. The van der Waals surface area contributed by atoms with Gasteiger partial charge in [-0.2, -0.15) is 4.98 Å². The van der Waals surface area contributed by atoms with Crippen LogP contribution < -0.4 is 30.4 Å². The number of ether oxygens (including phenoxy) is 4. The molecule has 0 fully saturated rings. The Balaban J connectivity index is 1.35. The van der Waals surface area contributed by atoms with Crippen molar-refractivity contribution in [3.63, 3.8) is 0 Å². The maximum Gasteiger partial charge on any atom is 0.351 e. The first-order chi connectivity index (χ1) is 16.3. The number of hydrogen-bond donors (Lipinski definition) is 1. The Morgan fingerprint density at radius 2 is 2.00 bits per heavy atom. The molecule has 0 saturated carbocycles. The molecular weight excluding hydrogens is 438 g/mol. The Bertz CT molecular complexity index is 1320. The standard InChI is InChI=1S/C25H25N3O6/c1-25(2,23(26)29)34-16-7-8-18-15(11-16)9-10-28-19(18)12-22(27-24(28)30)32-14-17-13-31-20-5-3-4-6-21(20)33-17/h3-8,11-12,17H,9-10,13-14H2,1-2H3,(H2,26,29).